The number of benzene rings is 1. The number of hydrogen-bond donors (Lipinski definition) is 2. The first-order chi connectivity index (χ1) is 13.3. The number of unbranched alkanes of at least 4 members (excludes halogenated alkanes) is 1. The van der Waals surface area contributed by atoms with Crippen molar-refractivity contribution in [2.45, 2.75) is 26.7 Å². The number of carbonyl (C=O) groups excluding carboxylic acids is 5. The number of anilines is 2. The summed E-state index contributed by atoms with van der Waals surface area (Å²) in [6, 6.07) is 3.80. The van der Waals surface area contributed by atoms with Gasteiger partial charge in [0.2, 0.25) is 11.8 Å². The first-order valence-corrected chi connectivity index (χ1v) is 8.71. The predicted octanol–water partition coefficient (Wildman–Crippen LogP) is 1.18. The molecule has 0 saturated carbocycles. The number of urea groups is 1. The van der Waals surface area contributed by atoms with Gasteiger partial charge in [0.1, 0.15) is 12.3 Å². The van der Waals surface area contributed by atoms with Gasteiger partial charge in [-0.05, 0) is 24.6 Å². The molecule has 150 valence electrons. The second-order valence-corrected chi connectivity index (χ2v) is 6.13. The smallest absolute Gasteiger partial charge is 0.334 e. The lowest BCUT2D eigenvalue weighted by Gasteiger charge is -2.16. The normalized spacial score (nSPS) is 13.8. The van der Waals surface area contributed by atoms with E-state index >= 15 is 0 Å². The summed E-state index contributed by atoms with van der Waals surface area (Å²) < 4.78 is 5.16. The molecule has 1 heterocycles. The van der Waals surface area contributed by atoms with Crippen LogP contribution in [0.2, 0.25) is 0 Å². The minimum Gasteiger partial charge on any atom is -0.495 e. The molecule has 0 bridgehead atoms. The molecule has 0 aromatic heterocycles. The summed E-state index contributed by atoms with van der Waals surface area (Å²) in [6.07, 6.45) is 1.31. The average Bonchev–Trinajstić information content (AvgIpc) is 2.83. The molecule has 0 unspecified atom stereocenters. The van der Waals surface area contributed by atoms with E-state index in [0.717, 1.165) is 11.3 Å². The Kier molecular flexibility index (Phi) is 6.69. The molecule has 0 aliphatic carbocycles. The van der Waals surface area contributed by atoms with Crippen LogP contribution in [0, 0.1) is 0 Å². The van der Waals surface area contributed by atoms with Gasteiger partial charge in [-0.1, -0.05) is 13.3 Å². The van der Waals surface area contributed by atoms with E-state index in [4.69, 9.17) is 4.74 Å². The minimum absolute atomic E-state index is 0.130. The third-order valence-electron chi connectivity index (χ3n) is 3.97. The lowest BCUT2D eigenvalue weighted by molar-refractivity contribution is -0.143. The molecular weight excluding hydrogens is 368 g/mol. The number of imide groups is 2. The SMILES string of the molecule is CCCCN1C(=O)C(=O)N(CC(=O)Nc2cc(NC(C)=O)ccc2OC)C1=O. The van der Waals surface area contributed by atoms with E-state index in [1.807, 2.05) is 6.92 Å². The fourth-order valence-corrected chi connectivity index (χ4v) is 2.62. The molecule has 1 fully saturated rings. The molecule has 10 nitrogen and oxygen atoms in total. The average molecular weight is 390 g/mol. The van der Waals surface area contributed by atoms with E-state index in [0.29, 0.717) is 22.8 Å². The van der Waals surface area contributed by atoms with Crippen LogP contribution in [0.5, 0.6) is 5.75 Å². The Labute approximate surface area is 161 Å². The number of amides is 6. The second kappa shape index (κ2) is 8.98. The van der Waals surface area contributed by atoms with Crippen LogP contribution in [-0.4, -0.2) is 59.7 Å². The predicted molar refractivity (Wildman–Crippen MR) is 99.7 cm³/mol. The first kappa shape index (κ1) is 20.9. The maximum atomic E-state index is 12.4. The Morgan fingerprint density at radius 1 is 1.07 bits per heavy atom. The lowest BCUT2D eigenvalue weighted by Crippen LogP contribution is -2.39. The molecule has 2 rings (SSSR count). The number of methoxy groups -OCH3 is 1. The molecule has 6 amide bonds. The van der Waals surface area contributed by atoms with Gasteiger partial charge in [-0.25, -0.2) is 9.69 Å². The van der Waals surface area contributed by atoms with Gasteiger partial charge < -0.3 is 15.4 Å². The molecule has 10 heteroatoms. The van der Waals surface area contributed by atoms with Gasteiger partial charge in [0.05, 0.1) is 12.8 Å². The van der Waals surface area contributed by atoms with E-state index in [2.05, 4.69) is 10.6 Å². The summed E-state index contributed by atoms with van der Waals surface area (Å²) >= 11 is 0. The molecule has 1 aromatic carbocycles. The van der Waals surface area contributed by atoms with Crippen molar-refractivity contribution in [3.05, 3.63) is 18.2 Å². The minimum atomic E-state index is -1.03. The number of carbonyl (C=O) groups is 5. The van der Waals surface area contributed by atoms with Crippen LogP contribution in [0.15, 0.2) is 18.2 Å². The zero-order chi connectivity index (χ0) is 20.8. The van der Waals surface area contributed by atoms with Gasteiger partial charge in [-0.3, -0.25) is 24.1 Å². The van der Waals surface area contributed by atoms with Crippen molar-refractivity contribution in [1.82, 2.24) is 9.80 Å². The Hall–Kier alpha value is -3.43. The fourth-order valence-electron chi connectivity index (χ4n) is 2.62. The number of ether oxygens (including phenoxy) is 1. The molecule has 2 N–H and O–H groups in total. The van der Waals surface area contributed by atoms with Gasteiger partial charge >= 0.3 is 17.8 Å². The monoisotopic (exact) mass is 390 g/mol. The summed E-state index contributed by atoms with van der Waals surface area (Å²) in [5.74, 6) is -2.62. The molecule has 1 aromatic rings. The number of rotatable bonds is 8. The van der Waals surface area contributed by atoms with Gasteiger partial charge in [0.15, 0.2) is 0 Å². The molecule has 1 aliphatic heterocycles. The first-order valence-electron chi connectivity index (χ1n) is 8.71. The highest BCUT2D eigenvalue weighted by Gasteiger charge is 2.44. The molecule has 1 saturated heterocycles. The molecular formula is C18H22N4O6. The summed E-state index contributed by atoms with van der Waals surface area (Å²) in [7, 11) is 1.40. The highest BCUT2D eigenvalue weighted by Crippen LogP contribution is 2.28. The van der Waals surface area contributed by atoms with Crippen molar-refractivity contribution < 1.29 is 28.7 Å². The molecule has 28 heavy (non-hydrogen) atoms. The van der Waals surface area contributed by atoms with E-state index in [1.54, 1.807) is 12.1 Å². The van der Waals surface area contributed by atoms with Gasteiger partial charge in [-0.15, -0.1) is 0 Å². The Bertz CT molecular complexity index is 822. The molecule has 0 radical (unpaired) electrons. The van der Waals surface area contributed by atoms with Crippen molar-refractivity contribution in [2.75, 3.05) is 30.8 Å². The van der Waals surface area contributed by atoms with Crippen molar-refractivity contribution in [3.63, 3.8) is 0 Å². The third-order valence-corrected chi connectivity index (χ3v) is 3.97. The summed E-state index contributed by atoms with van der Waals surface area (Å²) in [4.78, 5) is 61.3. The number of nitrogens with zero attached hydrogens (tertiary/aromatic N) is 2. The summed E-state index contributed by atoms with van der Waals surface area (Å²) in [6.45, 7) is 2.75. The van der Waals surface area contributed by atoms with Gasteiger partial charge in [-0.2, -0.15) is 0 Å². The van der Waals surface area contributed by atoms with Crippen molar-refractivity contribution >= 4 is 41.0 Å². The fraction of sp³-hybridized carbons (Fsp3) is 0.389. The molecule has 0 spiro atoms. The summed E-state index contributed by atoms with van der Waals surface area (Å²) in [5, 5.41) is 5.10. The van der Waals surface area contributed by atoms with Crippen LogP contribution in [0.1, 0.15) is 26.7 Å². The van der Waals surface area contributed by atoms with E-state index in [-0.39, 0.29) is 18.1 Å². The molecule has 1 aliphatic rings. The number of hydrogen-bond acceptors (Lipinski definition) is 6. The standard InChI is InChI=1S/C18H22N4O6/c1-4-5-8-21-16(25)17(26)22(18(21)27)10-15(24)20-13-9-12(19-11(2)23)6-7-14(13)28-3/h6-7,9H,4-5,8,10H2,1-3H3,(H,19,23)(H,20,24). The highest BCUT2D eigenvalue weighted by molar-refractivity contribution is 6.45. The zero-order valence-corrected chi connectivity index (χ0v) is 15.9. The van der Waals surface area contributed by atoms with Crippen LogP contribution < -0.4 is 15.4 Å². The van der Waals surface area contributed by atoms with Crippen molar-refractivity contribution in [1.29, 1.82) is 0 Å². The van der Waals surface area contributed by atoms with Crippen molar-refractivity contribution in [3.8, 4) is 5.75 Å². The lowest BCUT2D eigenvalue weighted by atomic mass is 10.2. The Morgan fingerprint density at radius 3 is 2.36 bits per heavy atom. The second-order valence-electron chi connectivity index (χ2n) is 6.13. The van der Waals surface area contributed by atoms with Gasteiger partial charge in [0.25, 0.3) is 0 Å². The maximum Gasteiger partial charge on any atom is 0.334 e. The van der Waals surface area contributed by atoms with Crippen LogP contribution in [-0.2, 0) is 19.2 Å². The maximum absolute atomic E-state index is 12.4. The Morgan fingerprint density at radius 2 is 1.75 bits per heavy atom. The number of nitrogens with one attached hydrogen (secondary N) is 2. The quantitative estimate of drug-likeness (QED) is 0.507. The van der Waals surface area contributed by atoms with Crippen molar-refractivity contribution in [2.24, 2.45) is 0 Å². The zero-order valence-electron chi connectivity index (χ0n) is 15.9. The van der Waals surface area contributed by atoms with Crippen LogP contribution in [0.25, 0.3) is 0 Å². The van der Waals surface area contributed by atoms with Crippen LogP contribution in [0.4, 0.5) is 16.2 Å². The van der Waals surface area contributed by atoms with Crippen LogP contribution in [0.3, 0.4) is 0 Å². The van der Waals surface area contributed by atoms with Gasteiger partial charge in [0, 0.05) is 19.2 Å². The Balaban J connectivity index is 2.11. The van der Waals surface area contributed by atoms with E-state index in [1.165, 1.54) is 20.1 Å². The summed E-state index contributed by atoms with van der Waals surface area (Å²) in [5.41, 5.74) is 0.671. The topological polar surface area (TPSA) is 125 Å². The van der Waals surface area contributed by atoms with E-state index in [9.17, 15) is 24.0 Å². The largest absolute Gasteiger partial charge is 0.495 e. The van der Waals surface area contributed by atoms with Crippen LogP contribution >= 0.6 is 0 Å². The third kappa shape index (κ3) is 4.64. The highest BCUT2D eigenvalue weighted by atomic mass is 16.5. The molecule has 0 atom stereocenters. The van der Waals surface area contributed by atoms with E-state index < -0.39 is 30.3 Å².